The number of rotatable bonds is 8. The number of alkyl halides is 4. The van der Waals surface area contributed by atoms with E-state index < -0.39 is 129 Å². The monoisotopic (exact) mass is 904 g/mol. The third kappa shape index (κ3) is 9.22. The van der Waals surface area contributed by atoms with E-state index >= 15 is 8.78 Å². The van der Waals surface area contributed by atoms with Crippen LogP contribution in [0.4, 0.5) is 22.4 Å². The van der Waals surface area contributed by atoms with E-state index in [0.717, 1.165) is 4.90 Å². The average molecular weight is 905 g/mol. The van der Waals surface area contributed by atoms with Crippen LogP contribution in [0.5, 0.6) is 11.6 Å². The number of ether oxygens (including phenoxy) is 3. The zero-order valence-corrected chi connectivity index (χ0v) is 36.2. The van der Waals surface area contributed by atoms with Gasteiger partial charge >= 0.3 is 6.09 Å². The van der Waals surface area contributed by atoms with Crippen molar-refractivity contribution in [3.63, 3.8) is 0 Å². The number of halogens is 4. The number of hydrogen-bond donors (Lipinski definition) is 3. The third-order valence-electron chi connectivity index (χ3n) is 12.8. The number of aromatic nitrogens is 2. The molecule has 2 aromatic rings. The fraction of sp³-hybridized carbons (Fsp3) is 0.700. The topological polar surface area (TPSA) is 258 Å². The third-order valence-corrected chi connectivity index (χ3v) is 14.9. The van der Waals surface area contributed by atoms with Gasteiger partial charge in [0.2, 0.25) is 34.1 Å². The van der Waals surface area contributed by atoms with E-state index in [1.54, 1.807) is 33.8 Å². The van der Waals surface area contributed by atoms with E-state index in [-0.39, 0.29) is 53.6 Å². The second kappa shape index (κ2) is 17.2. The lowest BCUT2D eigenvalue weighted by molar-refractivity contribution is -0.144. The molecule has 7 N–H and O–H groups in total. The molecule has 22 heteroatoms. The van der Waals surface area contributed by atoms with E-state index in [2.05, 4.69) is 20.6 Å². The van der Waals surface area contributed by atoms with Gasteiger partial charge in [0.15, 0.2) is 5.69 Å². The number of methoxy groups -OCH3 is 1. The minimum atomic E-state index is -4.31. The standard InChI is InChI=1S/C40H52F4N6O9S.2H2O/c1-7-22-27-19-50(28(22)32(51)48-39(18-23(39)31(41)42)35(53)49-60(55,56)38(5)14-15-38)34(52)30(37(2,3)4)47-36(54)59-26-16-20(26)10-8-9-13-40(43,44)29-33(58-27)46-25-17-21(57-6)11-12-24(25)45-29;;/h11-12,17,20,22-23,26-28,30-31H,7-10,13-16,18-19H2,1-6H3,(H,47,54)(H,48,51)(H,49,53);2*1H2/t20-,22-,23+,26-,27+,28+,30-,39-;;/m1../s1. The fourth-order valence-corrected chi connectivity index (χ4v) is 9.74. The van der Waals surface area contributed by atoms with Crippen molar-refractivity contribution in [3.05, 3.63) is 23.9 Å². The number of nitrogens with zero attached hydrogens (tertiary/aromatic N) is 3. The minimum Gasteiger partial charge on any atom is -0.497 e. The predicted molar refractivity (Wildman–Crippen MR) is 214 cm³/mol. The first-order chi connectivity index (χ1) is 28.0. The van der Waals surface area contributed by atoms with E-state index in [1.807, 2.05) is 4.72 Å². The number of alkyl carbamates (subject to hydrolysis) is 1. The van der Waals surface area contributed by atoms with Crippen molar-refractivity contribution < 1.29 is 70.3 Å². The van der Waals surface area contributed by atoms with Crippen LogP contribution in [-0.4, -0.2) is 113 Å². The summed E-state index contributed by atoms with van der Waals surface area (Å²) >= 11 is 0. The largest absolute Gasteiger partial charge is 0.497 e. The molecule has 4 fully saturated rings. The second-order valence-corrected chi connectivity index (χ2v) is 20.4. The van der Waals surface area contributed by atoms with Crippen molar-refractivity contribution in [1.29, 1.82) is 0 Å². The molecule has 3 saturated carbocycles. The van der Waals surface area contributed by atoms with Crippen LogP contribution in [0.2, 0.25) is 0 Å². The summed E-state index contributed by atoms with van der Waals surface area (Å²) in [6.07, 6.45) is -4.91. The van der Waals surface area contributed by atoms with Crippen LogP contribution in [0, 0.1) is 23.2 Å². The predicted octanol–water partition coefficient (Wildman–Crippen LogP) is 3.31. The van der Waals surface area contributed by atoms with E-state index in [1.165, 1.54) is 26.2 Å². The molecule has 1 aromatic carbocycles. The zero-order chi connectivity index (χ0) is 43.7. The van der Waals surface area contributed by atoms with Gasteiger partial charge in [0.1, 0.15) is 35.6 Å². The molecule has 8 atom stereocenters. The Labute approximate surface area is 356 Å². The maximum Gasteiger partial charge on any atom is 0.408 e. The van der Waals surface area contributed by atoms with Gasteiger partial charge in [0.05, 0.1) is 35.4 Å². The summed E-state index contributed by atoms with van der Waals surface area (Å²) in [6, 6.07) is 1.59. The Morgan fingerprint density at radius 3 is 2.34 bits per heavy atom. The number of hydrogen-bond acceptors (Lipinski definition) is 11. The molecule has 2 aliphatic heterocycles. The Morgan fingerprint density at radius 2 is 1.74 bits per heavy atom. The van der Waals surface area contributed by atoms with Crippen molar-refractivity contribution in [1.82, 2.24) is 30.2 Å². The van der Waals surface area contributed by atoms with E-state index in [9.17, 15) is 36.4 Å². The van der Waals surface area contributed by atoms with Gasteiger partial charge in [-0.25, -0.2) is 32.0 Å². The van der Waals surface area contributed by atoms with Crippen LogP contribution in [0.3, 0.4) is 0 Å². The summed E-state index contributed by atoms with van der Waals surface area (Å²) in [7, 11) is -2.89. The van der Waals surface area contributed by atoms with Crippen molar-refractivity contribution in [2.45, 2.75) is 139 Å². The highest BCUT2D eigenvalue weighted by Gasteiger charge is 2.68. The van der Waals surface area contributed by atoms with Crippen LogP contribution < -0.4 is 24.8 Å². The molecule has 3 aliphatic carbocycles. The summed E-state index contributed by atoms with van der Waals surface area (Å²) in [5.74, 6) is -9.85. The van der Waals surface area contributed by atoms with Crippen LogP contribution in [0.15, 0.2) is 18.2 Å². The normalized spacial score (nSPS) is 30.3. The van der Waals surface area contributed by atoms with Gasteiger partial charge in [0.25, 0.3) is 11.8 Å². The Balaban J connectivity index is 0.00000363. The first kappa shape index (κ1) is 48.5. The maximum absolute atomic E-state index is 16.3. The number of nitrogens with one attached hydrogen (secondary N) is 3. The summed E-state index contributed by atoms with van der Waals surface area (Å²) < 4.78 is 105. The summed E-state index contributed by atoms with van der Waals surface area (Å²) in [6.45, 7) is 7.62. The van der Waals surface area contributed by atoms with E-state index in [0.29, 0.717) is 25.0 Å². The molecule has 4 amide bonds. The van der Waals surface area contributed by atoms with Crippen LogP contribution in [-0.2, 0) is 35.1 Å². The number of carbonyl (C=O) groups excluding carboxylic acids is 4. The lowest BCUT2D eigenvalue weighted by Gasteiger charge is -2.36. The molecule has 7 rings (SSSR count). The van der Waals surface area contributed by atoms with Gasteiger partial charge in [-0.3, -0.25) is 19.1 Å². The number of amides is 4. The van der Waals surface area contributed by atoms with Crippen molar-refractivity contribution >= 4 is 44.9 Å². The molecular formula is C40H56F4N6O11S. The van der Waals surface area contributed by atoms with Gasteiger partial charge in [-0.15, -0.1) is 0 Å². The van der Waals surface area contributed by atoms with Crippen molar-refractivity contribution in [3.8, 4) is 11.6 Å². The molecule has 62 heavy (non-hydrogen) atoms. The SMILES string of the molecule is CC[C@@H]1[C@@H]2CN(C(=O)[C@H](C(C)(C)C)NC(=O)O[C@@H]3C[C@H]3CCCCC(F)(F)c3nc4ccc(OC)cc4nc3O2)[C@@H]1C(=O)N[C@]1(C(=O)NS(=O)(=O)C2(C)CC2)C[C@H]1C(F)F.O.O. The molecule has 0 radical (unpaired) electrons. The molecule has 17 nitrogen and oxygen atoms in total. The summed E-state index contributed by atoms with van der Waals surface area (Å²) in [5.41, 5.74) is -3.83. The fourth-order valence-electron chi connectivity index (χ4n) is 8.43. The molecule has 0 spiro atoms. The highest BCUT2D eigenvalue weighted by Crippen LogP contribution is 2.50. The first-order valence-corrected chi connectivity index (χ1v) is 21.9. The number of fused-ring (bicyclic) bond motifs is 5. The number of benzene rings is 1. The molecule has 5 aliphatic rings. The van der Waals surface area contributed by atoms with Crippen LogP contribution in [0.25, 0.3) is 11.0 Å². The van der Waals surface area contributed by atoms with Crippen molar-refractivity contribution in [2.75, 3.05) is 13.7 Å². The zero-order valence-electron chi connectivity index (χ0n) is 35.4. The van der Waals surface area contributed by atoms with Crippen LogP contribution >= 0.6 is 0 Å². The van der Waals surface area contributed by atoms with Gasteiger partial charge in [0, 0.05) is 18.4 Å². The van der Waals surface area contributed by atoms with Gasteiger partial charge in [-0.1, -0.05) is 34.1 Å². The Kier molecular flexibility index (Phi) is 13.4. The van der Waals surface area contributed by atoms with Gasteiger partial charge < -0.3 is 40.7 Å². The number of sulfonamides is 1. The smallest absolute Gasteiger partial charge is 0.408 e. The molecule has 346 valence electrons. The molecule has 1 saturated heterocycles. The first-order valence-electron chi connectivity index (χ1n) is 20.4. The molecule has 0 unspecified atom stereocenters. The average Bonchev–Trinajstić information content (AvgIpc) is 4.12. The summed E-state index contributed by atoms with van der Waals surface area (Å²) in [5, 5.41) is 5.06. The quantitative estimate of drug-likeness (QED) is 0.324. The lowest BCUT2D eigenvalue weighted by atomic mass is 9.85. The number of carbonyl (C=O) groups is 4. The Morgan fingerprint density at radius 1 is 1.05 bits per heavy atom. The molecule has 3 heterocycles. The maximum atomic E-state index is 16.3. The Hall–Kier alpha value is -4.57. The highest BCUT2D eigenvalue weighted by molar-refractivity contribution is 7.91. The molecule has 2 bridgehead atoms. The molecular weight excluding hydrogens is 849 g/mol. The molecule has 1 aromatic heterocycles. The van der Waals surface area contributed by atoms with Crippen molar-refractivity contribution in [2.24, 2.45) is 23.2 Å². The van der Waals surface area contributed by atoms with Crippen LogP contribution in [0.1, 0.15) is 98.1 Å². The van der Waals surface area contributed by atoms with E-state index in [4.69, 9.17) is 14.2 Å². The Bertz CT molecular complexity index is 2170. The second-order valence-electron chi connectivity index (χ2n) is 18.2. The lowest BCUT2D eigenvalue weighted by Crippen LogP contribution is -2.61. The highest BCUT2D eigenvalue weighted by atomic mass is 32.2. The summed E-state index contributed by atoms with van der Waals surface area (Å²) in [4.78, 5) is 66.3. The van der Waals surface area contributed by atoms with Gasteiger partial charge in [-0.2, -0.15) is 8.78 Å². The minimum absolute atomic E-state index is 0. The van der Waals surface area contributed by atoms with Gasteiger partial charge in [-0.05, 0) is 75.3 Å².